The SMILES string of the molecule is Cc1ccc(C(=O)N(CCN)Cc2ccccc2)c(Br)c1. The normalized spacial score (nSPS) is 10.4. The lowest BCUT2D eigenvalue weighted by atomic mass is 10.1. The molecule has 4 heteroatoms. The standard InChI is InChI=1S/C17H19BrN2O/c1-13-7-8-15(16(18)11-13)17(21)20(10-9-19)12-14-5-3-2-4-6-14/h2-8,11H,9-10,12,19H2,1H3. The molecule has 1 amide bonds. The number of hydrogen-bond acceptors (Lipinski definition) is 2. The van der Waals surface area contributed by atoms with Gasteiger partial charge in [0.05, 0.1) is 5.56 Å². The number of nitrogens with two attached hydrogens (primary N) is 1. The Morgan fingerprint density at radius 3 is 2.52 bits per heavy atom. The second-order valence-corrected chi connectivity index (χ2v) is 5.84. The van der Waals surface area contributed by atoms with Crippen LogP contribution in [0.25, 0.3) is 0 Å². The maximum absolute atomic E-state index is 12.7. The van der Waals surface area contributed by atoms with Gasteiger partial charge >= 0.3 is 0 Å². The van der Waals surface area contributed by atoms with Crippen molar-refractivity contribution in [2.45, 2.75) is 13.5 Å². The molecule has 0 bridgehead atoms. The first-order valence-corrected chi connectivity index (χ1v) is 7.70. The van der Waals surface area contributed by atoms with Crippen molar-refractivity contribution in [2.75, 3.05) is 13.1 Å². The highest BCUT2D eigenvalue weighted by Gasteiger charge is 2.18. The Bertz CT molecular complexity index is 613. The largest absolute Gasteiger partial charge is 0.333 e. The van der Waals surface area contributed by atoms with Crippen molar-refractivity contribution in [3.05, 3.63) is 69.7 Å². The van der Waals surface area contributed by atoms with E-state index in [4.69, 9.17) is 5.73 Å². The molecule has 0 unspecified atom stereocenters. The van der Waals surface area contributed by atoms with Gasteiger partial charge in [0.15, 0.2) is 0 Å². The highest BCUT2D eigenvalue weighted by molar-refractivity contribution is 9.10. The van der Waals surface area contributed by atoms with Crippen LogP contribution in [0.5, 0.6) is 0 Å². The molecule has 2 N–H and O–H groups in total. The summed E-state index contributed by atoms with van der Waals surface area (Å²) in [5, 5.41) is 0. The van der Waals surface area contributed by atoms with E-state index in [1.54, 1.807) is 4.90 Å². The molecule has 0 heterocycles. The Morgan fingerprint density at radius 1 is 1.19 bits per heavy atom. The van der Waals surface area contributed by atoms with E-state index in [9.17, 15) is 4.79 Å². The van der Waals surface area contributed by atoms with E-state index in [1.165, 1.54) is 0 Å². The van der Waals surface area contributed by atoms with Crippen LogP contribution >= 0.6 is 15.9 Å². The summed E-state index contributed by atoms with van der Waals surface area (Å²) < 4.78 is 0.822. The summed E-state index contributed by atoms with van der Waals surface area (Å²) in [7, 11) is 0. The number of hydrogen-bond donors (Lipinski definition) is 1. The monoisotopic (exact) mass is 346 g/mol. The molecule has 0 saturated carbocycles. The Morgan fingerprint density at radius 2 is 1.90 bits per heavy atom. The molecule has 0 fully saturated rings. The predicted octanol–water partition coefficient (Wildman–Crippen LogP) is 3.36. The maximum atomic E-state index is 12.7. The number of amides is 1. The van der Waals surface area contributed by atoms with Crippen molar-refractivity contribution >= 4 is 21.8 Å². The van der Waals surface area contributed by atoms with Gasteiger partial charge < -0.3 is 10.6 Å². The molecule has 0 saturated heterocycles. The van der Waals surface area contributed by atoms with Crippen LogP contribution in [0.4, 0.5) is 0 Å². The molecule has 21 heavy (non-hydrogen) atoms. The van der Waals surface area contributed by atoms with Gasteiger partial charge in [-0.15, -0.1) is 0 Å². The summed E-state index contributed by atoms with van der Waals surface area (Å²) in [6.45, 7) is 3.55. The van der Waals surface area contributed by atoms with Gasteiger partial charge in [-0.05, 0) is 46.1 Å². The zero-order valence-electron chi connectivity index (χ0n) is 12.1. The van der Waals surface area contributed by atoms with Crippen LogP contribution in [0.2, 0.25) is 0 Å². The molecule has 2 aromatic carbocycles. The van der Waals surface area contributed by atoms with E-state index in [0.29, 0.717) is 25.2 Å². The van der Waals surface area contributed by atoms with Crippen LogP contribution in [0, 0.1) is 6.92 Å². The average molecular weight is 347 g/mol. The van der Waals surface area contributed by atoms with Gasteiger partial charge in [-0.3, -0.25) is 4.79 Å². The van der Waals surface area contributed by atoms with Gasteiger partial charge in [-0.25, -0.2) is 0 Å². The molecule has 0 radical (unpaired) electrons. The van der Waals surface area contributed by atoms with Crippen molar-refractivity contribution < 1.29 is 4.79 Å². The predicted molar refractivity (Wildman–Crippen MR) is 89.1 cm³/mol. The number of benzene rings is 2. The van der Waals surface area contributed by atoms with E-state index < -0.39 is 0 Å². The Labute approximate surface area is 133 Å². The third-order valence-corrected chi connectivity index (χ3v) is 3.91. The summed E-state index contributed by atoms with van der Waals surface area (Å²) in [6.07, 6.45) is 0. The van der Waals surface area contributed by atoms with Crippen LogP contribution in [0.3, 0.4) is 0 Å². The van der Waals surface area contributed by atoms with Gasteiger partial charge in [0.2, 0.25) is 0 Å². The molecule has 3 nitrogen and oxygen atoms in total. The van der Waals surface area contributed by atoms with Crippen molar-refractivity contribution in [3.8, 4) is 0 Å². The highest BCUT2D eigenvalue weighted by atomic mass is 79.9. The van der Waals surface area contributed by atoms with Gasteiger partial charge in [0.1, 0.15) is 0 Å². The fraction of sp³-hybridized carbons (Fsp3) is 0.235. The molecular weight excluding hydrogens is 328 g/mol. The van der Waals surface area contributed by atoms with Crippen LogP contribution in [-0.4, -0.2) is 23.9 Å². The first-order valence-electron chi connectivity index (χ1n) is 6.91. The topological polar surface area (TPSA) is 46.3 Å². The van der Waals surface area contributed by atoms with Gasteiger partial charge in [-0.2, -0.15) is 0 Å². The number of aryl methyl sites for hydroxylation is 1. The number of carbonyl (C=O) groups excluding carboxylic acids is 1. The second kappa shape index (κ2) is 7.38. The van der Waals surface area contributed by atoms with Crippen molar-refractivity contribution in [1.82, 2.24) is 4.90 Å². The summed E-state index contributed by atoms with van der Waals surface area (Å²) in [5.74, 6) is -0.00354. The van der Waals surface area contributed by atoms with Crippen LogP contribution in [-0.2, 0) is 6.54 Å². The number of carbonyl (C=O) groups is 1. The van der Waals surface area contributed by atoms with Crippen molar-refractivity contribution in [2.24, 2.45) is 5.73 Å². The summed E-state index contributed by atoms with van der Waals surface area (Å²) in [5.41, 5.74) is 8.54. The van der Waals surface area contributed by atoms with E-state index in [2.05, 4.69) is 15.9 Å². The minimum Gasteiger partial charge on any atom is -0.333 e. The number of halogens is 1. The Kier molecular flexibility index (Phi) is 5.53. The first-order chi connectivity index (χ1) is 10.1. The molecule has 110 valence electrons. The van der Waals surface area contributed by atoms with Gasteiger partial charge in [0, 0.05) is 24.1 Å². The van der Waals surface area contributed by atoms with Gasteiger partial charge in [0.25, 0.3) is 5.91 Å². The highest BCUT2D eigenvalue weighted by Crippen LogP contribution is 2.21. The van der Waals surface area contributed by atoms with E-state index in [0.717, 1.165) is 15.6 Å². The summed E-state index contributed by atoms with van der Waals surface area (Å²) in [4.78, 5) is 14.5. The average Bonchev–Trinajstić information content (AvgIpc) is 2.47. The van der Waals surface area contributed by atoms with Crippen LogP contribution in [0.15, 0.2) is 53.0 Å². The van der Waals surface area contributed by atoms with Gasteiger partial charge in [-0.1, -0.05) is 36.4 Å². The fourth-order valence-corrected chi connectivity index (χ4v) is 2.84. The lowest BCUT2D eigenvalue weighted by Gasteiger charge is -2.23. The third-order valence-electron chi connectivity index (χ3n) is 3.26. The fourth-order valence-electron chi connectivity index (χ4n) is 2.18. The molecule has 0 aromatic heterocycles. The van der Waals surface area contributed by atoms with Crippen molar-refractivity contribution in [1.29, 1.82) is 0 Å². The second-order valence-electron chi connectivity index (χ2n) is 4.98. The molecule has 2 rings (SSSR count). The third kappa shape index (κ3) is 4.16. The molecule has 0 spiro atoms. The Hall–Kier alpha value is -1.65. The van der Waals surface area contributed by atoms with E-state index in [-0.39, 0.29) is 5.91 Å². The molecule has 0 aliphatic carbocycles. The molecule has 0 aliphatic rings. The number of nitrogens with zero attached hydrogens (tertiary/aromatic N) is 1. The summed E-state index contributed by atoms with van der Waals surface area (Å²) >= 11 is 3.47. The number of rotatable bonds is 5. The zero-order chi connectivity index (χ0) is 15.2. The zero-order valence-corrected chi connectivity index (χ0v) is 13.6. The summed E-state index contributed by atoms with van der Waals surface area (Å²) in [6, 6.07) is 15.7. The first kappa shape index (κ1) is 15.7. The van der Waals surface area contributed by atoms with E-state index >= 15 is 0 Å². The quantitative estimate of drug-likeness (QED) is 0.902. The Balaban J connectivity index is 2.23. The van der Waals surface area contributed by atoms with Crippen LogP contribution in [0.1, 0.15) is 21.5 Å². The molecule has 2 aromatic rings. The lowest BCUT2D eigenvalue weighted by Crippen LogP contribution is -2.35. The smallest absolute Gasteiger partial charge is 0.255 e. The van der Waals surface area contributed by atoms with E-state index in [1.807, 2.05) is 55.5 Å². The minimum absolute atomic E-state index is 0.00354. The maximum Gasteiger partial charge on any atom is 0.255 e. The molecule has 0 atom stereocenters. The van der Waals surface area contributed by atoms with Crippen molar-refractivity contribution in [3.63, 3.8) is 0 Å². The molecule has 0 aliphatic heterocycles. The lowest BCUT2D eigenvalue weighted by molar-refractivity contribution is 0.0747. The molecular formula is C17H19BrN2O. The van der Waals surface area contributed by atoms with Crippen LogP contribution < -0.4 is 5.73 Å². The minimum atomic E-state index is -0.00354.